The van der Waals surface area contributed by atoms with E-state index in [4.69, 9.17) is 16.3 Å². The Hall–Kier alpha value is -8.55. The molecule has 0 atom stereocenters. The Morgan fingerprint density at radius 2 is 0.908 bits per heavy atom. The van der Waals surface area contributed by atoms with Gasteiger partial charge in [0, 0.05) is 58.5 Å². The van der Waals surface area contributed by atoms with E-state index in [0.29, 0.717) is 46.1 Å². The molecule has 13 nitrogen and oxygen atoms in total. The van der Waals surface area contributed by atoms with Gasteiger partial charge >= 0.3 is 0 Å². The number of ether oxygens (including phenoxy) is 1. The molecule has 0 radical (unpaired) electrons. The van der Waals surface area contributed by atoms with Gasteiger partial charge in [-0.1, -0.05) is 90.5 Å². The normalized spacial score (nSPS) is 10.5. The molecule has 0 aliphatic heterocycles. The van der Waals surface area contributed by atoms with E-state index < -0.39 is 5.91 Å². The van der Waals surface area contributed by atoms with Crippen molar-refractivity contribution in [2.75, 3.05) is 12.4 Å². The average Bonchev–Trinajstić information content (AvgIpc) is 3.34. The lowest BCUT2D eigenvalue weighted by Gasteiger charge is -2.09. The van der Waals surface area contributed by atoms with Crippen molar-refractivity contribution in [2.45, 2.75) is 13.1 Å². The molecule has 6 aromatic carbocycles. The molecule has 0 spiro atoms. The van der Waals surface area contributed by atoms with Crippen LogP contribution >= 0.6 is 11.6 Å². The second-order valence-electron chi connectivity index (χ2n) is 14.3. The van der Waals surface area contributed by atoms with Crippen LogP contribution in [0.2, 0.25) is 5.02 Å². The highest BCUT2D eigenvalue weighted by atomic mass is 35.5. The van der Waals surface area contributed by atoms with Crippen molar-refractivity contribution in [3.8, 4) is 23.0 Å². The third-order valence-electron chi connectivity index (χ3n) is 9.99. The van der Waals surface area contributed by atoms with Gasteiger partial charge in [0.25, 0.3) is 17.7 Å². The van der Waals surface area contributed by atoms with E-state index in [2.05, 4.69) is 30.9 Å². The van der Waals surface area contributed by atoms with Crippen molar-refractivity contribution < 1.29 is 34.4 Å². The topological polar surface area (TPSA) is 196 Å². The largest absolute Gasteiger partial charge is 0.505 e. The highest BCUT2D eigenvalue weighted by molar-refractivity contribution is 6.30. The quantitative estimate of drug-likeness (QED) is 0.0812. The van der Waals surface area contributed by atoms with Crippen molar-refractivity contribution in [1.29, 1.82) is 0 Å². The summed E-state index contributed by atoms with van der Waals surface area (Å²) in [4.78, 5) is 49.0. The second kappa shape index (κ2) is 21.0. The fourth-order valence-corrected chi connectivity index (χ4v) is 6.69. The zero-order valence-corrected chi connectivity index (χ0v) is 35.5. The molecule has 0 fully saturated rings. The summed E-state index contributed by atoms with van der Waals surface area (Å²) in [6, 6.07) is 44.7. The highest BCUT2D eigenvalue weighted by Gasteiger charge is 2.17. The minimum Gasteiger partial charge on any atom is -0.505 e. The zero-order chi connectivity index (χ0) is 45.7. The number of halogens is 1. The number of pyridine rings is 3. The van der Waals surface area contributed by atoms with E-state index in [1.807, 2.05) is 60.7 Å². The number of rotatable bonds is 9. The molecule has 6 N–H and O–H groups in total. The Labute approximate surface area is 378 Å². The van der Waals surface area contributed by atoms with Gasteiger partial charge in [-0.15, -0.1) is 0 Å². The molecule has 3 heterocycles. The molecule has 0 aliphatic carbocycles. The summed E-state index contributed by atoms with van der Waals surface area (Å²) in [5.41, 5.74) is 4.43. The van der Waals surface area contributed by atoms with Crippen molar-refractivity contribution >= 4 is 67.7 Å². The Balaban J connectivity index is 0.000000145. The van der Waals surface area contributed by atoms with E-state index >= 15 is 0 Å². The summed E-state index contributed by atoms with van der Waals surface area (Å²) in [6.45, 7) is 0.773. The van der Waals surface area contributed by atoms with Crippen LogP contribution in [0, 0.1) is 0 Å². The summed E-state index contributed by atoms with van der Waals surface area (Å²) >= 11 is 5.82. The van der Waals surface area contributed by atoms with Crippen LogP contribution in [0.15, 0.2) is 170 Å². The Kier molecular flexibility index (Phi) is 14.4. The number of phenolic OH excluding ortho intramolecular Hbond substituents is 3. The molecule has 9 rings (SSSR count). The van der Waals surface area contributed by atoms with Gasteiger partial charge in [0.2, 0.25) is 0 Å². The van der Waals surface area contributed by atoms with Crippen LogP contribution in [0.3, 0.4) is 0 Å². The predicted octanol–water partition coefficient (Wildman–Crippen LogP) is 9.60. The van der Waals surface area contributed by atoms with Gasteiger partial charge in [-0.2, -0.15) is 0 Å². The van der Waals surface area contributed by atoms with Crippen molar-refractivity contribution in [3.63, 3.8) is 0 Å². The lowest BCUT2D eigenvalue weighted by molar-refractivity contribution is 0.0940. The van der Waals surface area contributed by atoms with Gasteiger partial charge in [-0.25, -0.2) is 0 Å². The maximum Gasteiger partial charge on any atom is 0.259 e. The third kappa shape index (κ3) is 11.1. The third-order valence-corrected chi connectivity index (χ3v) is 10.2. The smallest absolute Gasteiger partial charge is 0.259 e. The summed E-state index contributed by atoms with van der Waals surface area (Å²) in [7, 11) is 1.58. The van der Waals surface area contributed by atoms with Crippen LogP contribution in [0.25, 0.3) is 32.7 Å². The molecular weight excluding hydrogens is 844 g/mol. The molecule has 324 valence electrons. The predicted molar refractivity (Wildman–Crippen MR) is 251 cm³/mol. The van der Waals surface area contributed by atoms with Crippen LogP contribution in [0.1, 0.15) is 42.2 Å². The van der Waals surface area contributed by atoms with Crippen molar-refractivity contribution in [1.82, 2.24) is 25.6 Å². The Morgan fingerprint density at radius 3 is 1.34 bits per heavy atom. The summed E-state index contributed by atoms with van der Waals surface area (Å²) in [5.74, 6) is -0.663. The molecule has 14 heteroatoms. The number of methoxy groups -OCH3 is 1. The number of aromatic hydroxyl groups is 3. The summed E-state index contributed by atoms with van der Waals surface area (Å²) in [5, 5.41) is 42.0. The Morgan fingerprint density at radius 1 is 0.492 bits per heavy atom. The van der Waals surface area contributed by atoms with Gasteiger partial charge < -0.3 is 36.0 Å². The van der Waals surface area contributed by atoms with Crippen molar-refractivity contribution in [3.05, 3.63) is 203 Å². The first-order valence-electron chi connectivity index (χ1n) is 20.1. The van der Waals surface area contributed by atoms with Gasteiger partial charge in [-0.05, 0) is 83.9 Å². The molecule has 3 aromatic heterocycles. The first-order chi connectivity index (χ1) is 31.6. The molecule has 0 aliphatic rings. The Bertz CT molecular complexity index is 3120. The van der Waals surface area contributed by atoms with Crippen LogP contribution in [-0.4, -0.2) is 55.1 Å². The number of aromatic nitrogens is 3. The molecule has 3 amide bonds. The molecule has 9 aromatic rings. The monoisotopic (exact) mass is 884 g/mol. The molecule has 0 saturated heterocycles. The van der Waals surface area contributed by atoms with Crippen LogP contribution in [0.4, 0.5) is 5.69 Å². The van der Waals surface area contributed by atoms with Gasteiger partial charge in [0.05, 0.1) is 23.8 Å². The summed E-state index contributed by atoms with van der Waals surface area (Å²) < 4.78 is 5.07. The average molecular weight is 885 g/mol. The molecule has 0 saturated carbocycles. The van der Waals surface area contributed by atoms with E-state index in [9.17, 15) is 29.7 Å². The molecular formula is C51H41ClN6O7. The van der Waals surface area contributed by atoms with E-state index in [1.165, 1.54) is 0 Å². The minimum absolute atomic E-state index is 0.0846. The number of fused-ring (bicyclic) bond motifs is 3. The number of anilines is 1. The number of nitrogens with one attached hydrogen (secondary N) is 3. The standard InChI is InChI=1S/C17H13ClN2O2.C17H14N2O3.C17H14N2O2/c18-13-6-3-11(4-7-13)10-20-17(22)14-8-5-12-2-1-9-19-15(12)16(14)21;1-22-13-7-5-12(6-8-13)19-17(21)14-9-4-11-3-2-10-18-15(11)16(14)20;20-16-14(9-8-13-7-4-10-18-15(13)16)17(21)19-11-12-5-2-1-3-6-12/h1-9,21H,10H2,(H,20,22);2-10,20H,1H3,(H,19,21);1-10,20H,11H2,(H,19,21). The number of hydrogen-bond donors (Lipinski definition) is 6. The maximum absolute atomic E-state index is 12.3. The maximum atomic E-state index is 12.3. The molecule has 65 heavy (non-hydrogen) atoms. The van der Waals surface area contributed by atoms with E-state index in [-0.39, 0.29) is 45.8 Å². The van der Waals surface area contributed by atoms with Crippen LogP contribution in [-0.2, 0) is 13.1 Å². The number of phenols is 3. The van der Waals surface area contributed by atoms with Gasteiger partial charge in [-0.3, -0.25) is 29.3 Å². The SMILES string of the molecule is COc1ccc(NC(=O)c2ccc3cccnc3c2O)cc1.O=C(NCc1ccc(Cl)cc1)c1ccc2cccnc2c1O.O=C(NCc1ccccc1)c1ccc2cccnc2c1O. The number of amides is 3. The highest BCUT2D eigenvalue weighted by Crippen LogP contribution is 2.29. The molecule has 0 unspecified atom stereocenters. The first-order valence-corrected chi connectivity index (χ1v) is 20.5. The number of carbonyl (C=O) groups is 3. The van der Waals surface area contributed by atoms with Crippen LogP contribution in [0.5, 0.6) is 23.0 Å². The second-order valence-corrected chi connectivity index (χ2v) is 14.7. The number of carbonyl (C=O) groups excluding carboxylic acids is 3. The summed E-state index contributed by atoms with van der Waals surface area (Å²) in [6.07, 6.45) is 4.75. The fourth-order valence-electron chi connectivity index (χ4n) is 6.56. The number of hydrogen-bond acceptors (Lipinski definition) is 10. The zero-order valence-electron chi connectivity index (χ0n) is 34.8. The van der Waals surface area contributed by atoms with Gasteiger partial charge in [0.1, 0.15) is 22.3 Å². The first kappa shape index (κ1) is 44.5. The molecule has 0 bridgehead atoms. The number of benzene rings is 6. The van der Waals surface area contributed by atoms with E-state index in [0.717, 1.165) is 27.3 Å². The lowest BCUT2D eigenvalue weighted by Crippen LogP contribution is -2.22. The van der Waals surface area contributed by atoms with Crippen molar-refractivity contribution in [2.24, 2.45) is 0 Å². The van der Waals surface area contributed by atoms with Gasteiger partial charge in [0.15, 0.2) is 17.2 Å². The lowest BCUT2D eigenvalue weighted by atomic mass is 10.1. The van der Waals surface area contributed by atoms with E-state index in [1.54, 1.807) is 117 Å². The van der Waals surface area contributed by atoms with Crippen LogP contribution < -0.4 is 20.7 Å². The number of nitrogens with zero attached hydrogens (tertiary/aromatic N) is 3. The minimum atomic E-state index is -0.393. The fraction of sp³-hybridized carbons (Fsp3) is 0.0588.